The molecule has 23 heavy (non-hydrogen) atoms. The molecule has 0 unspecified atom stereocenters. The number of benzene rings is 1. The molecule has 0 atom stereocenters. The SMILES string of the molecule is Cc1ccc(NC2CCC(C(=O)O)CC2)cc1C(=O)NC(C)C. The summed E-state index contributed by atoms with van der Waals surface area (Å²) in [5, 5.41) is 15.4. The molecule has 0 heterocycles. The molecule has 1 aromatic carbocycles. The molecule has 1 saturated carbocycles. The normalized spacial score (nSPS) is 21.0. The van der Waals surface area contributed by atoms with E-state index in [-0.39, 0.29) is 23.9 Å². The van der Waals surface area contributed by atoms with Gasteiger partial charge in [0.25, 0.3) is 5.91 Å². The summed E-state index contributed by atoms with van der Waals surface area (Å²) >= 11 is 0. The zero-order chi connectivity index (χ0) is 17.0. The van der Waals surface area contributed by atoms with Gasteiger partial charge in [-0.15, -0.1) is 0 Å². The molecule has 0 spiro atoms. The topological polar surface area (TPSA) is 78.4 Å². The zero-order valence-corrected chi connectivity index (χ0v) is 14.1. The number of hydrogen-bond donors (Lipinski definition) is 3. The van der Waals surface area contributed by atoms with Gasteiger partial charge in [0, 0.05) is 23.3 Å². The summed E-state index contributed by atoms with van der Waals surface area (Å²) < 4.78 is 0. The van der Waals surface area contributed by atoms with Crippen LogP contribution in [0.15, 0.2) is 18.2 Å². The highest BCUT2D eigenvalue weighted by Gasteiger charge is 2.25. The van der Waals surface area contributed by atoms with Crippen molar-refractivity contribution in [3.8, 4) is 0 Å². The lowest BCUT2D eigenvalue weighted by Gasteiger charge is -2.28. The van der Waals surface area contributed by atoms with Crippen molar-refractivity contribution in [3.63, 3.8) is 0 Å². The first kappa shape index (κ1) is 17.3. The maximum absolute atomic E-state index is 12.2. The molecule has 1 fully saturated rings. The maximum Gasteiger partial charge on any atom is 0.306 e. The second-order valence-corrected chi connectivity index (χ2v) is 6.69. The van der Waals surface area contributed by atoms with Gasteiger partial charge in [-0.3, -0.25) is 9.59 Å². The van der Waals surface area contributed by atoms with Gasteiger partial charge in [-0.25, -0.2) is 0 Å². The van der Waals surface area contributed by atoms with Crippen LogP contribution in [0.2, 0.25) is 0 Å². The van der Waals surface area contributed by atoms with E-state index in [1.807, 2.05) is 39.0 Å². The van der Waals surface area contributed by atoms with Crippen molar-refractivity contribution in [1.29, 1.82) is 0 Å². The molecule has 1 aliphatic rings. The van der Waals surface area contributed by atoms with Gasteiger partial charge in [-0.05, 0) is 64.2 Å². The number of carboxylic acid groups (broad SMARTS) is 1. The van der Waals surface area contributed by atoms with Gasteiger partial charge in [0.15, 0.2) is 0 Å². The van der Waals surface area contributed by atoms with E-state index in [4.69, 9.17) is 5.11 Å². The lowest BCUT2D eigenvalue weighted by atomic mass is 9.86. The van der Waals surface area contributed by atoms with Crippen LogP contribution in [0.5, 0.6) is 0 Å². The Morgan fingerprint density at radius 1 is 1.17 bits per heavy atom. The molecule has 0 radical (unpaired) electrons. The van der Waals surface area contributed by atoms with Gasteiger partial charge in [0.05, 0.1) is 5.92 Å². The minimum Gasteiger partial charge on any atom is -0.481 e. The number of amides is 1. The Morgan fingerprint density at radius 2 is 1.83 bits per heavy atom. The third-order valence-electron chi connectivity index (χ3n) is 4.35. The largest absolute Gasteiger partial charge is 0.481 e. The molecule has 1 aromatic rings. The predicted octanol–water partition coefficient (Wildman–Crippen LogP) is 3.19. The van der Waals surface area contributed by atoms with Crippen molar-refractivity contribution >= 4 is 17.6 Å². The van der Waals surface area contributed by atoms with Gasteiger partial charge < -0.3 is 15.7 Å². The number of aryl methyl sites for hydroxylation is 1. The van der Waals surface area contributed by atoms with E-state index in [9.17, 15) is 9.59 Å². The summed E-state index contributed by atoms with van der Waals surface area (Å²) in [6.07, 6.45) is 3.11. The van der Waals surface area contributed by atoms with Gasteiger partial charge in [0.2, 0.25) is 0 Å². The van der Waals surface area contributed by atoms with Gasteiger partial charge in [-0.1, -0.05) is 6.07 Å². The molecular formula is C18H26N2O3. The first-order valence-corrected chi connectivity index (χ1v) is 8.27. The van der Waals surface area contributed by atoms with Crippen molar-refractivity contribution in [2.75, 3.05) is 5.32 Å². The van der Waals surface area contributed by atoms with E-state index < -0.39 is 5.97 Å². The molecule has 2 rings (SSSR count). The molecule has 5 nitrogen and oxygen atoms in total. The van der Waals surface area contributed by atoms with E-state index in [1.165, 1.54) is 0 Å². The van der Waals surface area contributed by atoms with E-state index in [1.54, 1.807) is 0 Å². The minimum absolute atomic E-state index is 0.0595. The Kier molecular flexibility index (Phi) is 5.64. The summed E-state index contributed by atoms with van der Waals surface area (Å²) in [5.74, 6) is -0.958. The summed E-state index contributed by atoms with van der Waals surface area (Å²) in [7, 11) is 0. The number of hydrogen-bond acceptors (Lipinski definition) is 3. The molecule has 126 valence electrons. The Morgan fingerprint density at radius 3 is 2.39 bits per heavy atom. The molecular weight excluding hydrogens is 292 g/mol. The van der Waals surface area contributed by atoms with Crippen molar-refractivity contribution in [1.82, 2.24) is 5.32 Å². The van der Waals surface area contributed by atoms with Crippen LogP contribution < -0.4 is 10.6 Å². The quantitative estimate of drug-likeness (QED) is 0.779. The molecule has 0 aromatic heterocycles. The molecule has 5 heteroatoms. The Hall–Kier alpha value is -2.04. The highest BCUT2D eigenvalue weighted by molar-refractivity contribution is 5.96. The van der Waals surface area contributed by atoms with Crippen molar-refractivity contribution in [2.45, 2.75) is 58.5 Å². The van der Waals surface area contributed by atoms with Crippen LogP contribution in [0, 0.1) is 12.8 Å². The number of carboxylic acids is 1. The average Bonchev–Trinajstić information content (AvgIpc) is 2.49. The van der Waals surface area contributed by atoms with Crippen molar-refractivity contribution in [3.05, 3.63) is 29.3 Å². The van der Waals surface area contributed by atoms with Crippen molar-refractivity contribution < 1.29 is 14.7 Å². The predicted molar refractivity (Wildman–Crippen MR) is 90.8 cm³/mol. The molecule has 0 aliphatic heterocycles. The monoisotopic (exact) mass is 318 g/mol. The van der Waals surface area contributed by atoms with Crippen molar-refractivity contribution in [2.24, 2.45) is 5.92 Å². The molecule has 3 N–H and O–H groups in total. The van der Waals surface area contributed by atoms with Gasteiger partial charge in [-0.2, -0.15) is 0 Å². The molecule has 1 amide bonds. The Labute approximate surface area is 137 Å². The summed E-state index contributed by atoms with van der Waals surface area (Å²) in [4.78, 5) is 23.2. The first-order valence-electron chi connectivity index (χ1n) is 8.27. The van der Waals surface area contributed by atoms with E-state index in [0.29, 0.717) is 18.4 Å². The van der Waals surface area contributed by atoms with Crippen LogP contribution in [-0.4, -0.2) is 29.1 Å². The second-order valence-electron chi connectivity index (χ2n) is 6.69. The summed E-state index contributed by atoms with van der Waals surface area (Å²) in [6, 6.07) is 6.18. The fourth-order valence-corrected chi connectivity index (χ4v) is 3.02. The second kappa shape index (κ2) is 7.49. The molecule has 1 aliphatic carbocycles. The fraction of sp³-hybridized carbons (Fsp3) is 0.556. The Balaban J connectivity index is 2.01. The van der Waals surface area contributed by atoms with Crippen LogP contribution in [-0.2, 0) is 4.79 Å². The van der Waals surface area contributed by atoms with E-state index >= 15 is 0 Å². The van der Waals surface area contributed by atoms with Crippen LogP contribution >= 0.6 is 0 Å². The van der Waals surface area contributed by atoms with Crippen LogP contribution in [0.3, 0.4) is 0 Å². The first-order chi connectivity index (χ1) is 10.9. The maximum atomic E-state index is 12.2. The highest BCUT2D eigenvalue weighted by atomic mass is 16.4. The van der Waals surface area contributed by atoms with Gasteiger partial charge >= 0.3 is 5.97 Å². The van der Waals surface area contributed by atoms with Crippen LogP contribution in [0.25, 0.3) is 0 Å². The van der Waals surface area contributed by atoms with E-state index in [0.717, 1.165) is 24.1 Å². The number of nitrogens with one attached hydrogen (secondary N) is 2. The lowest BCUT2D eigenvalue weighted by Crippen LogP contribution is -2.31. The molecule has 0 bridgehead atoms. The summed E-state index contributed by atoms with van der Waals surface area (Å²) in [5.41, 5.74) is 2.55. The van der Waals surface area contributed by atoms with E-state index in [2.05, 4.69) is 10.6 Å². The summed E-state index contributed by atoms with van der Waals surface area (Å²) in [6.45, 7) is 5.81. The fourth-order valence-electron chi connectivity index (χ4n) is 3.02. The smallest absolute Gasteiger partial charge is 0.306 e. The average molecular weight is 318 g/mol. The van der Waals surface area contributed by atoms with Crippen LogP contribution in [0.1, 0.15) is 55.5 Å². The number of anilines is 1. The minimum atomic E-state index is -0.688. The molecule has 0 saturated heterocycles. The number of rotatable bonds is 5. The number of carbonyl (C=O) groups is 2. The number of carbonyl (C=O) groups excluding carboxylic acids is 1. The van der Waals surface area contributed by atoms with Crippen LogP contribution in [0.4, 0.5) is 5.69 Å². The third-order valence-corrected chi connectivity index (χ3v) is 4.35. The zero-order valence-electron chi connectivity index (χ0n) is 14.1. The number of aliphatic carboxylic acids is 1. The lowest BCUT2D eigenvalue weighted by molar-refractivity contribution is -0.142. The Bertz CT molecular complexity index is 576. The highest BCUT2D eigenvalue weighted by Crippen LogP contribution is 2.27. The standard InChI is InChI=1S/C18H26N2O3/c1-11(2)19-17(21)16-10-15(7-4-12(16)3)20-14-8-5-13(6-9-14)18(22)23/h4,7,10-11,13-14,20H,5-6,8-9H2,1-3H3,(H,19,21)(H,22,23). The third kappa shape index (κ3) is 4.71. The van der Waals surface area contributed by atoms with Gasteiger partial charge in [0.1, 0.15) is 0 Å².